The third kappa shape index (κ3) is 2.09. The van der Waals surface area contributed by atoms with E-state index in [0.717, 1.165) is 24.5 Å². The fourth-order valence-corrected chi connectivity index (χ4v) is 1.95. The minimum absolute atomic E-state index is 0.512. The Labute approximate surface area is 90.1 Å². The summed E-state index contributed by atoms with van der Waals surface area (Å²) < 4.78 is 5.33. The van der Waals surface area contributed by atoms with Crippen molar-refractivity contribution in [3.05, 3.63) is 17.1 Å². The minimum atomic E-state index is 0.512. The van der Waals surface area contributed by atoms with Crippen LogP contribution in [-0.4, -0.2) is 23.6 Å². The van der Waals surface area contributed by atoms with Crippen molar-refractivity contribution in [3.8, 4) is 0 Å². The molecule has 0 saturated heterocycles. The quantitative estimate of drug-likeness (QED) is 0.813. The number of aryl methyl sites for hydroxylation is 1. The van der Waals surface area contributed by atoms with Crippen LogP contribution < -0.4 is 5.32 Å². The molecular weight excluding hydrogens is 190 g/mol. The number of hydrogen-bond acceptors (Lipinski definition) is 4. The Hall–Kier alpha value is -1.16. The highest BCUT2D eigenvalue weighted by Gasteiger charge is 2.18. The largest absolute Gasteiger partial charge is 0.374 e. The second-order valence-corrected chi connectivity index (χ2v) is 3.65. The van der Waals surface area contributed by atoms with Crippen LogP contribution in [0.15, 0.2) is 0 Å². The molecule has 0 spiro atoms. The van der Waals surface area contributed by atoms with Crippen molar-refractivity contribution in [1.82, 2.24) is 9.97 Å². The van der Waals surface area contributed by atoms with Gasteiger partial charge in [0.15, 0.2) is 5.82 Å². The first-order chi connectivity index (χ1) is 7.35. The molecule has 0 amide bonds. The molecular formula is C11H17N3O. The van der Waals surface area contributed by atoms with Gasteiger partial charge >= 0.3 is 0 Å². The van der Waals surface area contributed by atoms with E-state index in [1.807, 2.05) is 14.0 Å². The SMILES string of the molecule is CCOCc1nc2c(c(NC)n1)CCC2. The van der Waals surface area contributed by atoms with Gasteiger partial charge in [-0.05, 0) is 26.2 Å². The maximum Gasteiger partial charge on any atom is 0.156 e. The van der Waals surface area contributed by atoms with Gasteiger partial charge in [0.25, 0.3) is 0 Å². The highest BCUT2D eigenvalue weighted by molar-refractivity contribution is 5.48. The van der Waals surface area contributed by atoms with Gasteiger partial charge in [-0.15, -0.1) is 0 Å². The first kappa shape index (κ1) is 10.4. The Kier molecular flexibility index (Phi) is 3.16. The van der Waals surface area contributed by atoms with Gasteiger partial charge in [-0.3, -0.25) is 0 Å². The lowest BCUT2D eigenvalue weighted by Crippen LogP contribution is -2.07. The zero-order valence-corrected chi connectivity index (χ0v) is 9.34. The van der Waals surface area contributed by atoms with Crippen molar-refractivity contribution < 1.29 is 4.74 Å². The molecule has 1 N–H and O–H groups in total. The zero-order valence-electron chi connectivity index (χ0n) is 9.34. The molecule has 0 atom stereocenters. The van der Waals surface area contributed by atoms with Crippen LogP contribution in [0.2, 0.25) is 0 Å². The van der Waals surface area contributed by atoms with Crippen molar-refractivity contribution >= 4 is 5.82 Å². The van der Waals surface area contributed by atoms with E-state index in [1.165, 1.54) is 17.7 Å². The maximum absolute atomic E-state index is 5.33. The van der Waals surface area contributed by atoms with E-state index in [9.17, 15) is 0 Å². The van der Waals surface area contributed by atoms with Crippen molar-refractivity contribution in [2.45, 2.75) is 32.8 Å². The number of anilines is 1. The molecule has 1 aromatic rings. The first-order valence-electron chi connectivity index (χ1n) is 5.49. The van der Waals surface area contributed by atoms with Crippen LogP contribution in [0.1, 0.15) is 30.4 Å². The van der Waals surface area contributed by atoms with Crippen molar-refractivity contribution in [2.24, 2.45) is 0 Å². The molecule has 15 heavy (non-hydrogen) atoms. The van der Waals surface area contributed by atoms with E-state index in [0.29, 0.717) is 13.2 Å². The number of ether oxygens (including phenoxy) is 1. The second kappa shape index (κ2) is 4.57. The fraction of sp³-hybridized carbons (Fsp3) is 0.636. The number of hydrogen-bond donors (Lipinski definition) is 1. The third-order valence-corrected chi connectivity index (χ3v) is 2.65. The standard InChI is InChI=1S/C11H17N3O/c1-3-15-7-10-13-9-6-4-5-8(9)11(12-2)14-10/h3-7H2,1-2H3,(H,12,13,14). The van der Waals surface area contributed by atoms with Crippen LogP contribution in [0.4, 0.5) is 5.82 Å². The first-order valence-corrected chi connectivity index (χ1v) is 5.49. The molecule has 82 valence electrons. The van der Waals surface area contributed by atoms with Crippen LogP contribution in [0.25, 0.3) is 0 Å². The van der Waals surface area contributed by atoms with Crippen LogP contribution in [0, 0.1) is 0 Å². The molecule has 0 saturated carbocycles. The smallest absolute Gasteiger partial charge is 0.156 e. The molecule has 0 fully saturated rings. The van der Waals surface area contributed by atoms with Gasteiger partial charge in [-0.2, -0.15) is 0 Å². The second-order valence-electron chi connectivity index (χ2n) is 3.65. The van der Waals surface area contributed by atoms with E-state index in [2.05, 4.69) is 15.3 Å². The average Bonchev–Trinajstić information content (AvgIpc) is 2.73. The summed E-state index contributed by atoms with van der Waals surface area (Å²) in [7, 11) is 1.91. The summed E-state index contributed by atoms with van der Waals surface area (Å²) >= 11 is 0. The predicted molar refractivity (Wildman–Crippen MR) is 58.9 cm³/mol. The zero-order chi connectivity index (χ0) is 10.7. The van der Waals surface area contributed by atoms with Gasteiger partial charge in [-0.1, -0.05) is 0 Å². The number of rotatable bonds is 4. The fourth-order valence-electron chi connectivity index (χ4n) is 1.95. The molecule has 4 heteroatoms. The Morgan fingerprint density at radius 2 is 2.20 bits per heavy atom. The van der Waals surface area contributed by atoms with Crippen LogP contribution in [0.5, 0.6) is 0 Å². The normalized spacial score (nSPS) is 14.0. The van der Waals surface area contributed by atoms with E-state index >= 15 is 0 Å². The number of aromatic nitrogens is 2. The van der Waals surface area contributed by atoms with E-state index in [1.54, 1.807) is 0 Å². The summed E-state index contributed by atoms with van der Waals surface area (Å²) in [4.78, 5) is 8.98. The summed E-state index contributed by atoms with van der Waals surface area (Å²) in [5.74, 6) is 1.77. The van der Waals surface area contributed by atoms with E-state index in [-0.39, 0.29) is 0 Å². The van der Waals surface area contributed by atoms with Crippen molar-refractivity contribution in [2.75, 3.05) is 19.0 Å². The molecule has 0 aromatic carbocycles. The Morgan fingerprint density at radius 3 is 2.93 bits per heavy atom. The molecule has 1 aliphatic carbocycles. The maximum atomic E-state index is 5.33. The van der Waals surface area contributed by atoms with Crippen LogP contribution >= 0.6 is 0 Å². The molecule has 0 bridgehead atoms. The molecule has 1 aromatic heterocycles. The predicted octanol–water partition coefficient (Wildman–Crippen LogP) is 1.54. The van der Waals surface area contributed by atoms with Gasteiger partial charge in [0.05, 0.1) is 0 Å². The Bertz CT molecular complexity index is 352. The highest BCUT2D eigenvalue weighted by atomic mass is 16.5. The Balaban J connectivity index is 2.26. The topological polar surface area (TPSA) is 47.0 Å². The van der Waals surface area contributed by atoms with Gasteiger partial charge in [-0.25, -0.2) is 9.97 Å². The number of nitrogens with one attached hydrogen (secondary N) is 1. The minimum Gasteiger partial charge on any atom is -0.374 e. The lowest BCUT2D eigenvalue weighted by Gasteiger charge is -2.09. The summed E-state index contributed by atoms with van der Waals surface area (Å²) in [5, 5.41) is 3.14. The monoisotopic (exact) mass is 207 g/mol. The molecule has 0 unspecified atom stereocenters. The van der Waals surface area contributed by atoms with E-state index < -0.39 is 0 Å². The summed E-state index contributed by atoms with van der Waals surface area (Å²) in [6.45, 7) is 3.19. The summed E-state index contributed by atoms with van der Waals surface area (Å²) in [6.07, 6.45) is 3.36. The molecule has 2 rings (SSSR count). The number of fused-ring (bicyclic) bond motifs is 1. The number of nitrogens with zero attached hydrogens (tertiary/aromatic N) is 2. The van der Waals surface area contributed by atoms with Gasteiger partial charge in [0, 0.05) is 24.9 Å². The van der Waals surface area contributed by atoms with Crippen molar-refractivity contribution in [3.63, 3.8) is 0 Å². The Morgan fingerprint density at radius 1 is 1.33 bits per heavy atom. The molecule has 0 radical (unpaired) electrons. The van der Waals surface area contributed by atoms with Gasteiger partial charge in [0.1, 0.15) is 12.4 Å². The lowest BCUT2D eigenvalue weighted by molar-refractivity contribution is 0.128. The third-order valence-electron chi connectivity index (χ3n) is 2.65. The van der Waals surface area contributed by atoms with Gasteiger partial charge < -0.3 is 10.1 Å². The van der Waals surface area contributed by atoms with E-state index in [4.69, 9.17) is 4.74 Å². The summed E-state index contributed by atoms with van der Waals surface area (Å²) in [6, 6.07) is 0. The molecule has 1 heterocycles. The average molecular weight is 207 g/mol. The van der Waals surface area contributed by atoms with Crippen molar-refractivity contribution in [1.29, 1.82) is 0 Å². The van der Waals surface area contributed by atoms with Gasteiger partial charge in [0.2, 0.25) is 0 Å². The molecule has 1 aliphatic rings. The molecule has 4 nitrogen and oxygen atoms in total. The molecule has 0 aliphatic heterocycles. The summed E-state index contributed by atoms with van der Waals surface area (Å²) in [5.41, 5.74) is 2.49. The lowest BCUT2D eigenvalue weighted by atomic mass is 10.2. The highest BCUT2D eigenvalue weighted by Crippen LogP contribution is 2.25. The van der Waals surface area contributed by atoms with Crippen LogP contribution in [-0.2, 0) is 24.2 Å². The van der Waals surface area contributed by atoms with Crippen LogP contribution in [0.3, 0.4) is 0 Å².